The third-order valence-corrected chi connectivity index (χ3v) is 4.49. The molecular weight excluding hydrogens is 292 g/mol. The van der Waals surface area contributed by atoms with E-state index in [9.17, 15) is 9.90 Å². The van der Waals surface area contributed by atoms with Crippen LogP contribution in [0.25, 0.3) is 5.69 Å². The van der Waals surface area contributed by atoms with E-state index in [0.29, 0.717) is 11.9 Å². The minimum absolute atomic E-state index is 0.0135. The van der Waals surface area contributed by atoms with Gasteiger partial charge in [0, 0.05) is 13.1 Å². The lowest BCUT2D eigenvalue weighted by Crippen LogP contribution is -2.34. The van der Waals surface area contributed by atoms with Crippen molar-refractivity contribution in [2.75, 3.05) is 11.9 Å². The van der Waals surface area contributed by atoms with Gasteiger partial charge in [-0.3, -0.25) is 0 Å². The SMILES string of the molecule is Cc1cccc(-n2nc(C(=O)O)c(N(C)C3CCCCC3)n2)c1. The average Bonchev–Trinajstić information content (AvgIpc) is 3.00. The number of hydrogen-bond acceptors (Lipinski definition) is 4. The van der Waals surface area contributed by atoms with E-state index in [-0.39, 0.29) is 5.69 Å². The molecule has 3 rings (SSSR count). The first-order chi connectivity index (χ1) is 11.1. The molecule has 0 unspecified atom stereocenters. The highest BCUT2D eigenvalue weighted by atomic mass is 16.4. The van der Waals surface area contributed by atoms with Crippen LogP contribution in [0.2, 0.25) is 0 Å². The Hall–Kier alpha value is -2.37. The number of rotatable bonds is 4. The first kappa shape index (κ1) is 15.5. The summed E-state index contributed by atoms with van der Waals surface area (Å²) in [5.41, 5.74) is 1.87. The predicted molar refractivity (Wildman–Crippen MR) is 88.3 cm³/mol. The maximum absolute atomic E-state index is 11.6. The molecule has 0 aliphatic heterocycles. The van der Waals surface area contributed by atoms with Crippen molar-refractivity contribution in [1.82, 2.24) is 15.0 Å². The van der Waals surface area contributed by atoms with Crippen molar-refractivity contribution in [2.45, 2.75) is 45.1 Å². The second-order valence-electron chi connectivity index (χ2n) is 6.21. The Labute approximate surface area is 135 Å². The smallest absolute Gasteiger partial charge is 0.360 e. The Morgan fingerprint density at radius 3 is 2.65 bits per heavy atom. The van der Waals surface area contributed by atoms with Crippen molar-refractivity contribution in [3.05, 3.63) is 35.5 Å². The topological polar surface area (TPSA) is 71.2 Å². The van der Waals surface area contributed by atoms with Gasteiger partial charge in [0.2, 0.25) is 5.69 Å². The van der Waals surface area contributed by atoms with Crippen LogP contribution in [0.4, 0.5) is 5.82 Å². The number of aromatic carboxylic acids is 1. The molecule has 1 N–H and O–H groups in total. The summed E-state index contributed by atoms with van der Waals surface area (Å²) in [6.45, 7) is 1.99. The molecule has 1 fully saturated rings. The van der Waals surface area contributed by atoms with Gasteiger partial charge < -0.3 is 10.0 Å². The molecule has 122 valence electrons. The summed E-state index contributed by atoms with van der Waals surface area (Å²) < 4.78 is 0. The molecule has 0 bridgehead atoms. The van der Waals surface area contributed by atoms with E-state index >= 15 is 0 Å². The third kappa shape index (κ3) is 3.21. The Morgan fingerprint density at radius 1 is 1.26 bits per heavy atom. The van der Waals surface area contributed by atoms with Crippen molar-refractivity contribution >= 4 is 11.8 Å². The fourth-order valence-corrected chi connectivity index (χ4v) is 3.18. The fourth-order valence-electron chi connectivity index (χ4n) is 3.18. The molecule has 1 aromatic heterocycles. The van der Waals surface area contributed by atoms with E-state index in [1.807, 2.05) is 43.1 Å². The van der Waals surface area contributed by atoms with Gasteiger partial charge in [-0.05, 0) is 37.5 Å². The number of aryl methyl sites for hydroxylation is 1. The predicted octanol–water partition coefficient (Wildman–Crippen LogP) is 3.04. The number of benzene rings is 1. The van der Waals surface area contributed by atoms with Crippen LogP contribution >= 0.6 is 0 Å². The molecule has 1 aliphatic carbocycles. The number of nitrogens with zero attached hydrogens (tertiary/aromatic N) is 4. The average molecular weight is 314 g/mol. The highest BCUT2D eigenvalue weighted by Crippen LogP contribution is 2.27. The van der Waals surface area contributed by atoms with E-state index in [1.165, 1.54) is 24.1 Å². The van der Waals surface area contributed by atoms with Crippen LogP contribution in [0.15, 0.2) is 24.3 Å². The number of carbonyl (C=O) groups is 1. The molecule has 6 nitrogen and oxygen atoms in total. The summed E-state index contributed by atoms with van der Waals surface area (Å²) in [5.74, 6) is -0.590. The molecule has 1 heterocycles. The van der Waals surface area contributed by atoms with Crippen LogP contribution < -0.4 is 4.90 Å². The molecule has 23 heavy (non-hydrogen) atoms. The molecule has 1 saturated carbocycles. The first-order valence-corrected chi connectivity index (χ1v) is 8.07. The zero-order chi connectivity index (χ0) is 16.4. The van der Waals surface area contributed by atoms with Crippen LogP contribution in [0.5, 0.6) is 0 Å². The molecule has 0 radical (unpaired) electrons. The van der Waals surface area contributed by atoms with Crippen molar-refractivity contribution in [1.29, 1.82) is 0 Å². The lowest BCUT2D eigenvalue weighted by atomic mass is 9.94. The van der Waals surface area contributed by atoms with Crippen LogP contribution in [0.3, 0.4) is 0 Å². The molecule has 2 aromatic rings. The summed E-state index contributed by atoms with van der Waals surface area (Å²) >= 11 is 0. The van der Waals surface area contributed by atoms with E-state index in [4.69, 9.17) is 0 Å². The zero-order valence-electron chi connectivity index (χ0n) is 13.6. The summed E-state index contributed by atoms with van der Waals surface area (Å²) in [6.07, 6.45) is 5.78. The Kier molecular flexibility index (Phi) is 4.32. The molecular formula is C17H22N4O2. The maximum Gasteiger partial charge on any atom is 0.360 e. The molecule has 1 aromatic carbocycles. The highest BCUT2D eigenvalue weighted by Gasteiger charge is 2.27. The molecule has 0 atom stereocenters. The summed E-state index contributed by atoms with van der Waals surface area (Å²) in [6, 6.07) is 8.06. The van der Waals surface area contributed by atoms with Crippen molar-refractivity contribution in [3.63, 3.8) is 0 Å². The normalized spacial score (nSPS) is 15.6. The number of hydrogen-bond donors (Lipinski definition) is 1. The molecule has 6 heteroatoms. The molecule has 0 spiro atoms. The van der Waals surface area contributed by atoms with E-state index in [2.05, 4.69) is 10.2 Å². The van der Waals surface area contributed by atoms with Gasteiger partial charge in [-0.1, -0.05) is 31.4 Å². The lowest BCUT2D eigenvalue weighted by molar-refractivity contribution is 0.0690. The molecule has 1 aliphatic rings. The van der Waals surface area contributed by atoms with Gasteiger partial charge in [-0.25, -0.2) is 4.79 Å². The minimum atomic E-state index is -1.04. The Bertz CT molecular complexity index is 704. The van der Waals surface area contributed by atoms with E-state index in [1.54, 1.807) is 0 Å². The summed E-state index contributed by atoms with van der Waals surface area (Å²) in [4.78, 5) is 15.0. The summed E-state index contributed by atoms with van der Waals surface area (Å²) in [5, 5.41) is 18.2. The maximum atomic E-state index is 11.6. The van der Waals surface area contributed by atoms with Gasteiger partial charge in [0.25, 0.3) is 0 Å². The first-order valence-electron chi connectivity index (χ1n) is 8.07. The fraction of sp³-hybridized carbons (Fsp3) is 0.471. The lowest BCUT2D eigenvalue weighted by Gasteiger charge is -2.31. The van der Waals surface area contributed by atoms with Crippen molar-refractivity contribution in [2.24, 2.45) is 0 Å². The number of carboxylic acids is 1. The quantitative estimate of drug-likeness (QED) is 0.939. The third-order valence-electron chi connectivity index (χ3n) is 4.49. The van der Waals surface area contributed by atoms with Gasteiger partial charge in [0.05, 0.1) is 5.69 Å². The van der Waals surface area contributed by atoms with Crippen LogP contribution in [-0.2, 0) is 0 Å². The largest absolute Gasteiger partial charge is 0.476 e. The number of anilines is 1. The van der Waals surface area contributed by atoms with Crippen LogP contribution in [0.1, 0.15) is 48.2 Å². The molecule has 0 saturated heterocycles. The monoisotopic (exact) mass is 314 g/mol. The van der Waals surface area contributed by atoms with Gasteiger partial charge in [0.15, 0.2) is 5.82 Å². The Morgan fingerprint density at radius 2 is 2.00 bits per heavy atom. The van der Waals surface area contributed by atoms with Crippen LogP contribution in [0, 0.1) is 6.92 Å². The van der Waals surface area contributed by atoms with Gasteiger partial charge >= 0.3 is 5.97 Å². The number of aromatic nitrogens is 3. The van der Waals surface area contributed by atoms with Crippen LogP contribution in [-0.4, -0.2) is 39.2 Å². The van der Waals surface area contributed by atoms with Crippen molar-refractivity contribution in [3.8, 4) is 5.69 Å². The standard InChI is InChI=1S/C17H22N4O2/c1-12-7-6-10-14(11-12)21-18-15(17(22)23)16(19-21)20(2)13-8-4-3-5-9-13/h6-7,10-11,13H,3-5,8-9H2,1-2H3,(H,22,23). The number of carboxylic acid groups (broad SMARTS) is 1. The van der Waals surface area contributed by atoms with E-state index in [0.717, 1.165) is 24.1 Å². The molecule has 0 amide bonds. The van der Waals surface area contributed by atoms with Gasteiger partial charge in [-0.15, -0.1) is 15.0 Å². The minimum Gasteiger partial charge on any atom is -0.476 e. The Balaban J connectivity index is 1.97. The van der Waals surface area contributed by atoms with Gasteiger partial charge in [0.1, 0.15) is 0 Å². The summed E-state index contributed by atoms with van der Waals surface area (Å²) in [7, 11) is 1.92. The second kappa shape index (κ2) is 6.40. The van der Waals surface area contributed by atoms with Crippen molar-refractivity contribution < 1.29 is 9.90 Å². The zero-order valence-corrected chi connectivity index (χ0v) is 13.6. The van der Waals surface area contributed by atoms with Gasteiger partial charge in [-0.2, -0.15) is 0 Å². The second-order valence-corrected chi connectivity index (χ2v) is 6.21. The highest BCUT2D eigenvalue weighted by molar-refractivity contribution is 5.91. The van der Waals surface area contributed by atoms with E-state index < -0.39 is 5.97 Å².